The molecule has 0 spiro atoms. The fraction of sp³-hybridized carbons (Fsp3) is 0. The zero-order valence-electron chi connectivity index (χ0n) is 9.55. The van der Waals surface area contributed by atoms with Crippen molar-refractivity contribution in [1.82, 2.24) is 4.98 Å². The Hall–Kier alpha value is -2.22. The molecule has 0 bridgehead atoms. The predicted octanol–water partition coefficient (Wildman–Crippen LogP) is 4.57. The summed E-state index contributed by atoms with van der Waals surface area (Å²) in [6, 6.07) is 18.2. The molecule has 0 saturated carbocycles. The molecule has 0 saturated heterocycles. The van der Waals surface area contributed by atoms with Crippen molar-refractivity contribution in [3.05, 3.63) is 54.6 Å². The smallest absolute Gasteiger partial charge is 0.107 e. The molecule has 3 heteroatoms. The van der Waals surface area contributed by atoms with Gasteiger partial charge in [-0.1, -0.05) is 48.5 Å². The number of fused-ring (bicyclic) bond motifs is 1. The van der Waals surface area contributed by atoms with Gasteiger partial charge in [0.25, 0.3) is 0 Å². The zero-order chi connectivity index (χ0) is 12.4. The fourth-order valence-electron chi connectivity index (χ4n) is 2.10. The number of para-hydroxylation sites is 1. The lowest BCUT2D eigenvalue weighted by Gasteiger charge is -1.98. The lowest BCUT2D eigenvalue weighted by molar-refractivity contribution is 1.44. The average Bonchev–Trinajstić information content (AvgIpc) is 2.80. The molecular formula is C15H10N2S. The third-order valence-electron chi connectivity index (χ3n) is 2.90. The summed E-state index contributed by atoms with van der Waals surface area (Å²) in [5.41, 5.74) is 3.99. The van der Waals surface area contributed by atoms with Gasteiger partial charge >= 0.3 is 0 Å². The molecule has 0 amide bonds. The molecule has 2 nitrogen and oxygen atoms in total. The number of H-pyrrole nitrogens is 1. The molecule has 1 N–H and O–H groups in total. The SMILES string of the molecule is S=C=Nc1c(-c2ccccc2)[nH]c2ccccc12. The Bertz CT molecular complexity index is 738. The molecule has 0 aliphatic rings. The molecule has 0 radical (unpaired) electrons. The Morgan fingerprint density at radius 1 is 0.944 bits per heavy atom. The Kier molecular flexibility index (Phi) is 2.77. The van der Waals surface area contributed by atoms with E-state index in [0.717, 1.165) is 27.8 Å². The maximum atomic E-state index is 4.74. The highest BCUT2D eigenvalue weighted by molar-refractivity contribution is 7.78. The van der Waals surface area contributed by atoms with Gasteiger partial charge in [0.05, 0.1) is 10.9 Å². The van der Waals surface area contributed by atoms with Crippen LogP contribution in [0.3, 0.4) is 0 Å². The van der Waals surface area contributed by atoms with Crippen LogP contribution in [-0.2, 0) is 0 Å². The van der Waals surface area contributed by atoms with Crippen molar-refractivity contribution in [1.29, 1.82) is 0 Å². The van der Waals surface area contributed by atoms with Crippen molar-refractivity contribution in [2.45, 2.75) is 0 Å². The number of hydrogen-bond acceptors (Lipinski definition) is 2. The zero-order valence-corrected chi connectivity index (χ0v) is 10.4. The van der Waals surface area contributed by atoms with E-state index >= 15 is 0 Å². The van der Waals surface area contributed by atoms with Crippen LogP contribution in [0.4, 0.5) is 5.69 Å². The summed E-state index contributed by atoms with van der Waals surface area (Å²) in [4.78, 5) is 7.59. The minimum Gasteiger partial charge on any atom is -0.353 e. The predicted molar refractivity (Wildman–Crippen MR) is 78.4 cm³/mol. The average molecular weight is 250 g/mol. The highest BCUT2D eigenvalue weighted by atomic mass is 32.1. The minimum atomic E-state index is 0.854. The number of nitrogens with zero attached hydrogens (tertiary/aromatic N) is 1. The van der Waals surface area contributed by atoms with Gasteiger partial charge in [0, 0.05) is 16.5 Å². The second-order valence-corrected chi connectivity index (χ2v) is 4.15. The summed E-state index contributed by atoms with van der Waals surface area (Å²) in [7, 11) is 0. The first-order valence-electron chi connectivity index (χ1n) is 5.64. The van der Waals surface area contributed by atoms with Gasteiger partial charge in [-0.2, -0.15) is 4.99 Å². The number of aliphatic imine (C=N–C) groups is 1. The third kappa shape index (κ3) is 1.76. The van der Waals surface area contributed by atoms with Gasteiger partial charge in [0.15, 0.2) is 0 Å². The summed E-state index contributed by atoms with van der Waals surface area (Å²) < 4.78 is 0. The van der Waals surface area contributed by atoms with E-state index in [9.17, 15) is 0 Å². The molecule has 3 aromatic rings. The lowest BCUT2D eigenvalue weighted by atomic mass is 10.1. The molecule has 86 valence electrons. The van der Waals surface area contributed by atoms with E-state index < -0.39 is 0 Å². The molecule has 1 aromatic heterocycles. The van der Waals surface area contributed by atoms with Crippen molar-refractivity contribution in [3.8, 4) is 11.3 Å². The maximum absolute atomic E-state index is 4.74. The van der Waals surface area contributed by atoms with Gasteiger partial charge < -0.3 is 4.98 Å². The Labute approximate surface area is 110 Å². The van der Waals surface area contributed by atoms with E-state index in [2.05, 4.69) is 15.1 Å². The molecule has 2 aromatic carbocycles. The van der Waals surface area contributed by atoms with Crippen molar-refractivity contribution in [3.63, 3.8) is 0 Å². The summed E-state index contributed by atoms with van der Waals surface area (Å²) in [5.74, 6) is 0. The monoisotopic (exact) mass is 250 g/mol. The first-order valence-corrected chi connectivity index (χ1v) is 6.05. The van der Waals surface area contributed by atoms with E-state index in [1.807, 2.05) is 54.6 Å². The number of aromatic amines is 1. The number of benzene rings is 2. The van der Waals surface area contributed by atoms with Gasteiger partial charge in [-0.15, -0.1) is 0 Å². The first kappa shape index (κ1) is 10.9. The first-order chi connectivity index (χ1) is 8.90. The minimum absolute atomic E-state index is 0.854. The topological polar surface area (TPSA) is 28.1 Å². The molecule has 3 rings (SSSR count). The van der Waals surface area contributed by atoms with Crippen LogP contribution >= 0.6 is 12.2 Å². The van der Waals surface area contributed by atoms with Gasteiger partial charge in [-0.25, -0.2) is 0 Å². The molecule has 0 aliphatic heterocycles. The molecular weight excluding hydrogens is 240 g/mol. The Morgan fingerprint density at radius 3 is 2.44 bits per heavy atom. The van der Waals surface area contributed by atoms with E-state index in [-0.39, 0.29) is 0 Å². The van der Waals surface area contributed by atoms with E-state index in [0.29, 0.717) is 0 Å². The van der Waals surface area contributed by atoms with E-state index in [1.165, 1.54) is 0 Å². The summed E-state index contributed by atoms with van der Waals surface area (Å²) >= 11 is 4.74. The van der Waals surface area contributed by atoms with Crippen LogP contribution in [-0.4, -0.2) is 10.1 Å². The van der Waals surface area contributed by atoms with Crippen LogP contribution in [0.2, 0.25) is 0 Å². The van der Waals surface area contributed by atoms with Crippen molar-refractivity contribution in [2.24, 2.45) is 4.99 Å². The molecule has 0 unspecified atom stereocenters. The van der Waals surface area contributed by atoms with Crippen LogP contribution in [0.15, 0.2) is 59.6 Å². The summed E-state index contributed by atoms with van der Waals surface area (Å²) in [5, 5.41) is 3.52. The number of nitrogens with one attached hydrogen (secondary N) is 1. The normalized spacial score (nSPS) is 10.2. The quantitative estimate of drug-likeness (QED) is 0.523. The Balaban J connectivity index is 2.35. The number of rotatable bonds is 2. The van der Waals surface area contributed by atoms with Gasteiger partial charge in [0.2, 0.25) is 0 Å². The van der Waals surface area contributed by atoms with E-state index in [1.54, 1.807) is 0 Å². The van der Waals surface area contributed by atoms with Gasteiger partial charge in [-0.3, -0.25) is 0 Å². The largest absolute Gasteiger partial charge is 0.353 e. The maximum Gasteiger partial charge on any atom is 0.107 e. The van der Waals surface area contributed by atoms with Crippen LogP contribution in [0.5, 0.6) is 0 Å². The van der Waals surface area contributed by atoms with Crippen LogP contribution in [0, 0.1) is 0 Å². The van der Waals surface area contributed by atoms with Crippen molar-refractivity contribution >= 4 is 34.0 Å². The molecule has 0 atom stereocenters. The standard InChI is InChI=1S/C15H10N2S/c18-10-16-15-12-8-4-5-9-13(12)17-14(15)11-6-2-1-3-7-11/h1-9,17H. The van der Waals surface area contributed by atoms with Gasteiger partial charge in [-0.05, 0) is 18.3 Å². The highest BCUT2D eigenvalue weighted by Crippen LogP contribution is 2.36. The lowest BCUT2D eigenvalue weighted by Crippen LogP contribution is -1.76. The highest BCUT2D eigenvalue weighted by Gasteiger charge is 2.11. The van der Waals surface area contributed by atoms with Crippen LogP contribution in [0.1, 0.15) is 0 Å². The number of isothiocyanates is 1. The molecule has 0 fully saturated rings. The number of aromatic nitrogens is 1. The molecule has 18 heavy (non-hydrogen) atoms. The van der Waals surface area contributed by atoms with Crippen molar-refractivity contribution in [2.75, 3.05) is 0 Å². The summed E-state index contributed by atoms with van der Waals surface area (Å²) in [6.07, 6.45) is 0. The molecule has 0 aliphatic carbocycles. The van der Waals surface area contributed by atoms with Crippen LogP contribution in [0.25, 0.3) is 22.2 Å². The van der Waals surface area contributed by atoms with Crippen molar-refractivity contribution < 1.29 is 0 Å². The number of thiocarbonyl (C=S) groups is 1. The fourth-order valence-corrected chi connectivity index (χ4v) is 2.19. The third-order valence-corrected chi connectivity index (χ3v) is 2.99. The number of hydrogen-bond donors (Lipinski definition) is 1. The second kappa shape index (κ2) is 4.57. The molecule has 1 heterocycles. The van der Waals surface area contributed by atoms with E-state index in [4.69, 9.17) is 12.2 Å². The Morgan fingerprint density at radius 2 is 1.67 bits per heavy atom. The van der Waals surface area contributed by atoms with Gasteiger partial charge in [0.1, 0.15) is 5.69 Å². The second-order valence-electron chi connectivity index (χ2n) is 3.96. The summed E-state index contributed by atoms with van der Waals surface area (Å²) in [6.45, 7) is 0. The van der Waals surface area contributed by atoms with Crippen LogP contribution < -0.4 is 0 Å².